The summed E-state index contributed by atoms with van der Waals surface area (Å²) in [7, 11) is 0. The Morgan fingerprint density at radius 1 is 1.30 bits per heavy atom. The summed E-state index contributed by atoms with van der Waals surface area (Å²) in [6, 6.07) is 2.92. The lowest BCUT2D eigenvalue weighted by Gasteiger charge is -2.29. The summed E-state index contributed by atoms with van der Waals surface area (Å²) in [5.74, 6) is 0.514. The molecule has 2 N–H and O–H groups in total. The monoisotopic (exact) mass is 334 g/mol. The van der Waals surface area contributed by atoms with Crippen molar-refractivity contribution in [3.05, 3.63) is 27.2 Å². The molecule has 0 aliphatic carbocycles. The van der Waals surface area contributed by atoms with Gasteiger partial charge in [0.2, 0.25) is 5.91 Å². The summed E-state index contributed by atoms with van der Waals surface area (Å²) in [4.78, 5) is 12.3. The Hall–Kier alpha value is -0.480. The number of amides is 1. The standard InChI is InChI=1S/C14H17Cl3N2O/c1-2-8-3-4-18-13(5-8)14(20)19-12-7-10(16)9(15)6-11(12)17/h6-8,13,18H,2-5H2,1H3,(H,19,20). The van der Waals surface area contributed by atoms with Gasteiger partial charge in [0.1, 0.15) is 0 Å². The van der Waals surface area contributed by atoms with Crippen LogP contribution in [0.15, 0.2) is 12.1 Å². The second-order valence-corrected chi connectivity index (χ2v) is 6.26. The van der Waals surface area contributed by atoms with Crippen molar-refractivity contribution >= 4 is 46.4 Å². The van der Waals surface area contributed by atoms with Crippen molar-refractivity contribution < 1.29 is 4.79 Å². The fraction of sp³-hybridized carbons (Fsp3) is 0.500. The van der Waals surface area contributed by atoms with Crippen molar-refractivity contribution in [2.45, 2.75) is 32.2 Å². The molecule has 2 atom stereocenters. The third kappa shape index (κ3) is 3.79. The number of hydrogen-bond acceptors (Lipinski definition) is 2. The topological polar surface area (TPSA) is 41.1 Å². The van der Waals surface area contributed by atoms with Crippen LogP contribution in [0.3, 0.4) is 0 Å². The average Bonchev–Trinajstić information content (AvgIpc) is 2.44. The lowest BCUT2D eigenvalue weighted by molar-refractivity contribution is -0.119. The maximum Gasteiger partial charge on any atom is 0.241 e. The molecule has 0 bridgehead atoms. The largest absolute Gasteiger partial charge is 0.323 e. The van der Waals surface area contributed by atoms with Crippen molar-refractivity contribution in [1.82, 2.24) is 5.32 Å². The van der Waals surface area contributed by atoms with Gasteiger partial charge >= 0.3 is 0 Å². The van der Waals surface area contributed by atoms with Gasteiger partial charge in [0.05, 0.1) is 26.8 Å². The van der Waals surface area contributed by atoms with E-state index in [-0.39, 0.29) is 11.9 Å². The summed E-state index contributed by atoms with van der Waals surface area (Å²) in [5.41, 5.74) is 0.492. The van der Waals surface area contributed by atoms with Crippen LogP contribution in [0.5, 0.6) is 0 Å². The zero-order valence-corrected chi connectivity index (χ0v) is 13.4. The molecule has 1 aromatic rings. The van der Waals surface area contributed by atoms with E-state index in [1.165, 1.54) is 6.07 Å². The van der Waals surface area contributed by atoms with E-state index in [4.69, 9.17) is 34.8 Å². The first-order valence-corrected chi connectivity index (χ1v) is 7.83. The smallest absolute Gasteiger partial charge is 0.241 e. The van der Waals surface area contributed by atoms with Gasteiger partial charge in [-0.2, -0.15) is 0 Å². The van der Waals surface area contributed by atoms with Gasteiger partial charge in [-0.15, -0.1) is 0 Å². The van der Waals surface area contributed by atoms with Gasteiger partial charge in [-0.3, -0.25) is 4.79 Å². The second kappa shape index (κ2) is 6.99. The number of carbonyl (C=O) groups is 1. The Balaban J connectivity index is 2.06. The molecule has 1 amide bonds. The summed E-state index contributed by atoms with van der Waals surface area (Å²) < 4.78 is 0. The molecule has 3 nitrogen and oxygen atoms in total. The summed E-state index contributed by atoms with van der Waals surface area (Å²) >= 11 is 17.9. The number of hydrogen-bond donors (Lipinski definition) is 2. The van der Waals surface area contributed by atoms with Crippen molar-refractivity contribution in [2.24, 2.45) is 5.92 Å². The number of piperidine rings is 1. The minimum atomic E-state index is -0.181. The molecular formula is C14H17Cl3N2O. The lowest BCUT2D eigenvalue weighted by atomic mass is 9.90. The summed E-state index contributed by atoms with van der Waals surface area (Å²) in [6.45, 7) is 3.02. The van der Waals surface area contributed by atoms with Gasteiger partial charge in [0.15, 0.2) is 0 Å². The Kier molecular flexibility index (Phi) is 5.56. The van der Waals surface area contributed by atoms with E-state index in [1.54, 1.807) is 6.07 Å². The molecule has 20 heavy (non-hydrogen) atoms. The molecule has 0 spiro atoms. The quantitative estimate of drug-likeness (QED) is 0.806. The third-order valence-electron chi connectivity index (χ3n) is 3.67. The Morgan fingerprint density at radius 3 is 2.70 bits per heavy atom. The Bertz CT molecular complexity index is 507. The molecule has 1 fully saturated rings. The van der Waals surface area contributed by atoms with Crippen LogP contribution in [0.25, 0.3) is 0 Å². The van der Waals surface area contributed by atoms with Gasteiger partial charge in [-0.25, -0.2) is 0 Å². The van der Waals surface area contributed by atoms with E-state index < -0.39 is 0 Å². The summed E-state index contributed by atoms with van der Waals surface area (Å²) in [6.07, 6.45) is 3.06. The van der Waals surface area contributed by atoms with Crippen LogP contribution in [0.4, 0.5) is 5.69 Å². The molecule has 1 saturated heterocycles. The lowest BCUT2D eigenvalue weighted by Crippen LogP contribution is -2.46. The van der Waals surface area contributed by atoms with Crippen LogP contribution in [0.2, 0.25) is 15.1 Å². The van der Waals surface area contributed by atoms with Crippen LogP contribution >= 0.6 is 34.8 Å². The maximum atomic E-state index is 12.3. The fourth-order valence-electron chi connectivity index (χ4n) is 2.40. The fourth-order valence-corrected chi connectivity index (χ4v) is 3.00. The number of halogens is 3. The minimum Gasteiger partial charge on any atom is -0.323 e. The molecule has 0 saturated carbocycles. The molecule has 1 heterocycles. The van der Waals surface area contributed by atoms with Crippen molar-refractivity contribution in [2.75, 3.05) is 11.9 Å². The maximum absolute atomic E-state index is 12.3. The molecule has 0 aromatic heterocycles. The Morgan fingerprint density at radius 2 is 2.00 bits per heavy atom. The van der Waals surface area contributed by atoms with Crippen molar-refractivity contribution in [3.8, 4) is 0 Å². The molecule has 1 aliphatic rings. The normalized spacial score (nSPS) is 22.6. The van der Waals surface area contributed by atoms with Crippen molar-refractivity contribution in [1.29, 1.82) is 0 Å². The number of rotatable bonds is 3. The molecule has 110 valence electrons. The predicted octanol–water partition coefficient (Wildman–Crippen LogP) is 4.36. The first-order valence-electron chi connectivity index (χ1n) is 6.70. The molecule has 0 radical (unpaired) electrons. The highest BCUT2D eigenvalue weighted by atomic mass is 35.5. The molecule has 1 aromatic carbocycles. The van der Waals surface area contributed by atoms with E-state index >= 15 is 0 Å². The van der Waals surface area contributed by atoms with Crippen LogP contribution in [-0.4, -0.2) is 18.5 Å². The minimum absolute atomic E-state index is 0.0801. The summed E-state index contributed by atoms with van der Waals surface area (Å²) in [5, 5.41) is 7.18. The predicted molar refractivity (Wildman–Crippen MR) is 84.9 cm³/mol. The molecular weight excluding hydrogens is 319 g/mol. The van der Waals surface area contributed by atoms with E-state index in [2.05, 4.69) is 17.6 Å². The highest BCUT2D eigenvalue weighted by Crippen LogP contribution is 2.32. The molecule has 2 rings (SSSR count). The highest BCUT2D eigenvalue weighted by molar-refractivity contribution is 6.44. The number of benzene rings is 1. The molecule has 6 heteroatoms. The van der Waals surface area contributed by atoms with Crippen LogP contribution in [-0.2, 0) is 4.79 Å². The number of nitrogens with one attached hydrogen (secondary N) is 2. The Labute approximate surface area is 134 Å². The first kappa shape index (κ1) is 15.9. The van der Waals surface area contributed by atoms with Gasteiger partial charge in [-0.05, 0) is 37.4 Å². The SMILES string of the molecule is CCC1CCNC(C(=O)Nc2cc(Cl)c(Cl)cc2Cl)C1. The number of carbonyl (C=O) groups excluding carboxylic acids is 1. The molecule has 1 aliphatic heterocycles. The van der Waals surface area contributed by atoms with Crippen LogP contribution in [0, 0.1) is 5.92 Å². The zero-order valence-electron chi connectivity index (χ0n) is 11.2. The van der Waals surface area contributed by atoms with Gasteiger partial charge in [0.25, 0.3) is 0 Å². The second-order valence-electron chi connectivity index (χ2n) is 5.04. The highest BCUT2D eigenvalue weighted by Gasteiger charge is 2.26. The zero-order chi connectivity index (χ0) is 14.7. The van der Waals surface area contributed by atoms with E-state index in [1.807, 2.05) is 0 Å². The van der Waals surface area contributed by atoms with E-state index in [0.717, 1.165) is 25.8 Å². The van der Waals surface area contributed by atoms with Crippen molar-refractivity contribution in [3.63, 3.8) is 0 Å². The van der Waals surface area contributed by atoms with Crippen LogP contribution < -0.4 is 10.6 Å². The average molecular weight is 336 g/mol. The van der Waals surface area contributed by atoms with Gasteiger partial charge in [-0.1, -0.05) is 48.1 Å². The molecule has 2 unspecified atom stereocenters. The van der Waals surface area contributed by atoms with Gasteiger partial charge < -0.3 is 10.6 Å². The van der Waals surface area contributed by atoms with E-state index in [0.29, 0.717) is 26.7 Å². The first-order chi connectivity index (χ1) is 9.51. The van der Waals surface area contributed by atoms with Crippen LogP contribution in [0.1, 0.15) is 26.2 Å². The van der Waals surface area contributed by atoms with Gasteiger partial charge in [0, 0.05) is 0 Å². The third-order valence-corrected chi connectivity index (χ3v) is 4.71. The van der Waals surface area contributed by atoms with E-state index in [9.17, 15) is 4.79 Å². The number of anilines is 1.